The van der Waals surface area contributed by atoms with Gasteiger partial charge in [-0.3, -0.25) is 4.72 Å². The van der Waals surface area contributed by atoms with Crippen LogP contribution in [0.25, 0.3) is 0 Å². The molecule has 0 aliphatic carbocycles. The number of ether oxygens (including phenoxy) is 2. The van der Waals surface area contributed by atoms with Crippen LogP contribution in [0, 0.1) is 5.82 Å². The molecule has 25 heavy (non-hydrogen) atoms. The standard InChI is InChI=1S/C17H19ClFNO4S/c1-23-16-10-14(19)15(11-17(16)24-2)20-25(21,22)13-7-5-12(6-8-13)4-3-9-18/h5-8,10-11,20H,3-4,9H2,1-2H3. The van der Waals surface area contributed by atoms with Crippen LogP contribution in [-0.4, -0.2) is 28.5 Å². The van der Waals surface area contributed by atoms with Gasteiger partial charge in [0.15, 0.2) is 17.3 Å². The molecule has 0 heterocycles. The zero-order chi connectivity index (χ0) is 18.4. The highest BCUT2D eigenvalue weighted by Gasteiger charge is 2.19. The van der Waals surface area contributed by atoms with E-state index in [9.17, 15) is 12.8 Å². The Morgan fingerprint density at radius 3 is 2.24 bits per heavy atom. The van der Waals surface area contributed by atoms with Gasteiger partial charge in [0.25, 0.3) is 10.0 Å². The molecular formula is C17H19ClFNO4S. The van der Waals surface area contributed by atoms with Crippen LogP contribution < -0.4 is 14.2 Å². The van der Waals surface area contributed by atoms with Gasteiger partial charge in [-0.05, 0) is 30.5 Å². The van der Waals surface area contributed by atoms with E-state index in [4.69, 9.17) is 21.1 Å². The van der Waals surface area contributed by atoms with Crippen LogP contribution in [0.15, 0.2) is 41.3 Å². The van der Waals surface area contributed by atoms with E-state index >= 15 is 0 Å². The second-order valence-electron chi connectivity index (χ2n) is 5.23. The van der Waals surface area contributed by atoms with Crippen molar-refractivity contribution in [3.05, 3.63) is 47.8 Å². The number of hydrogen-bond donors (Lipinski definition) is 1. The lowest BCUT2D eigenvalue weighted by Crippen LogP contribution is -2.14. The molecule has 0 aliphatic rings. The van der Waals surface area contributed by atoms with E-state index in [1.54, 1.807) is 12.1 Å². The van der Waals surface area contributed by atoms with Gasteiger partial charge >= 0.3 is 0 Å². The number of hydrogen-bond acceptors (Lipinski definition) is 4. The molecule has 0 amide bonds. The summed E-state index contributed by atoms with van der Waals surface area (Å²) >= 11 is 5.65. The second-order valence-corrected chi connectivity index (χ2v) is 7.29. The molecule has 0 radical (unpaired) electrons. The molecule has 2 aromatic carbocycles. The SMILES string of the molecule is COc1cc(F)c(NS(=O)(=O)c2ccc(CCCCl)cc2)cc1OC. The number of aryl methyl sites for hydroxylation is 1. The topological polar surface area (TPSA) is 64.6 Å². The van der Waals surface area contributed by atoms with Crippen LogP contribution in [-0.2, 0) is 16.4 Å². The normalized spacial score (nSPS) is 11.2. The van der Waals surface area contributed by atoms with Crippen molar-refractivity contribution in [1.29, 1.82) is 0 Å². The van der Waals surface area contributed by atoms with Gasteiger partial charge in [0, 0.05) is 18.0 Å². The number of nitrogens with one attached hydrogen (secondary N) is 1. The molecule has 0 unspecified atom stereocenters. The molecule has 0 spiro atoms. The first-order valence-corrected chi connectivity index (χ1v) is 9.52. The van der Waals surface area contributed by atoms with Crippen molar-refractivity contribution in [2.75, 3.05) is 24.8 Å². The Hall–Kier alpha value is -1.99. The second kappa shape index (κ2) is 8.40. The third-order valence-corrected chi connectivity index (χ3v) is 5.20. The number of methoxy groups -OCH3 is 2. The molecule has 0 saturated heterocycles. The fraction of sp³-hybridized carbons (Fsp3) is 0.294. The maximum atomic E-state index is 14.1. The molecule has 0 saturated carbocycles. The Bertz CT molecular complexity index is 825. The number of alkyl halides is 1. The minimum Gasteiger partial charge on any atom is -0.493 e. The molecule has 0 bridgehead atoms. The first-order chi connectivity index (χ1) is 11.9. The summed E-state index contributed by atoms with van der Waals surface area (Å²) in [5.74, 6) is 0.171. The minimum absolute atomic E-state index is 0.0382. The van der Waals surface area contributed by atoms with Crippen molar-refractivity contribution in [1.82, 2.24) is 0 Å². The average molecular weight is 388 g/mol. The van der Waals surface area contributed by atoms with Gasteiger partial charge in [0.2, 0.25) is 0 Å². The number of rotatable bonds is 8. The van der Waals surface area contributed by atoms with Crippen LogP contribution >= 0.6 is 11.6 Å². The summed E-state index contributed by atoms with van der Waals surface area (Å²) < 4.78 is 51.3. The number of sulfonamides is 1. The first kappa shape index (κ1) is 19.3. The van der Waals surface area contributed by atoms with Gasteiger partial charge < -0.3 is 9.47 Å². The van der Waals surface area contributed by atoms with Crippen LogP contribution in [0.2, 0.25) is 0 Å². The zero-order valence-electron chi connectivity index (χ0n) is 13.9. The molecule has 2 rings (SSSR count). The maximum absolute atomic E-state index is 14.1. The first-order valence-electron chi connectivity index (χ1n) is 7.50. The molecule has 136 valence electrons. The lowest BCUT2D eigenvalue weighted by atomic mass is 10.1. The Labute approximate surface area is 151 Å². The average Bonchev–Trinajstić information content (AvgIpc) is 2.61. The Balaban J connectivity index is 2.26. The molecular weight excluding hydrogens is 369 g/mol. The number of benzene rings is 2. The van der Waals surface area contributed by atoms with Crippen LogP contribution in [0.1, 0.15) is 12.0 Å². The fourth-order valence-electron chi connectivity index (χ4n) is 2.24. The molecule has 5 nitrogen and oxygen atoms in total. The third kappa shape index (κ3) is 4.76. The van der Waals surface area contributed by atoms with Crippen molar-refractivity contribution < 1.29 is 22.3 Å². The van der Waals surface area contributed by atoms with Gasteiger partial charge in [-0.2, -0.15) is 0 Å². The molecule has 0 fully saturated rings. The van der Waals surface area contributed by atoms with Crippen molar-refractivity contribution >= 4 is 27.3 Å². The van der Waals surface area contributed by atoms with E-state index in [2.05, 4.69) is 4.72 Å². The summed E-state index contributed by atoms with van der Waals surface area (Å²) in [6.45, 7) is 0. The predicted octanol–water partition coefficient (Wildman–Crippen LogP) is 3.82. The Morgan fingerprint density at radius 1 is 1.08 bits per heavy atom. The predicted molar refractivity (Wildman–Crippen MR) is 95.8 cm³/mol. The monoisotopic (exact) mass is 387 g/mol. The summed E-state index contributed by atoms with van der Waals surface area (Å²) in [5, 5.41) is 0. The molecule has 0 aliphatic heterocycles. The van der Waals surface area contributed by atoms with Crippen LogP contribution in [0.5, 0.6) is 11.5 Å². The van der Waals surface area contributed by atoms with Crippen molar-refractivity contribution in [3.8, 4) is 11.5 Å². The van der Waals surface area contributed by atoms with E-state index in [1.807, 2.05) is 0 Å². The molecule has 2 aromatic rings. The number of anilines is 1. The summed E-state index contributed by atoms with van der Waals surface area (Å²) in [6.07, 6.45) is 1.57. The van der Waals surface area contributed by atoms with Gasteiger partial charge in [-0.15, -0.1) is 11.6 Å². The minimum atomic E-state index is -3.93. The molecule has 8 heteroatoms. The summed E-state index contributed by atoms with van der Waals surface area (Å²) in [5.41, 5.74) is 0.765. The summed E-state index contributed by atoms with van der Waals surface area (Å²) in [7, 11) is -1.18. The molecule has 0 aromatic heterocycles. The lowest BCUT2D eigenvalue weighted by molar-refractivity contribution is 0.353. The van der Waals surface area contributed by atoms with Gasteiger partial charge in [0.1, 0.15) is 0 Å². The van der Waals surface area contributed by atoms with Gasteiger partial charge in [0.05, 0.1) is 24.8 Å². The number of halogens is 2. The quantitative estimate of drug-likeness (QED) is 0.699. The van der Waals surface area contributed by atoms with Gasteiger partial charge in [-0.1, -0.05) is 12.1 Å². The van der Waals surface area contributed by atoms with E-state index in [-0.39, 0.29) is 22.1 Å². The highest BCUT2D eigenvalue weighted by Crippen LogP contribution is 2.33. The van der Waals surface area contributed by atoms with E-state index < -0.39 is 15.8 Å². The molecule has 1 N–H and O–H groups in total. The Morgan fingerprint density at radius 2 is 1.68 bits per heavy atom. The van der Waals surface area contributed by atoms with Crippen molar-refractivity contribution in [2.24, 2.45) is 0 Å². The maximum Gasteiger partial charge on any atom is 0.261 e. The van der Waals surface area contributed by atoms with E-state index in [0.717, 1.165) is 24.5 Å². The smallest absolute Gasteiger partial charge is 0.261 e. The third-order valence-electron chi connectivity index (χ3n) is 3.55. The van der Waals surface area contributed by atoms with Crippen LogP contribution in [0.4, 0.5) is 10.1 Å². The highest BCUT2D eigenvalue weighted by molar-refractivity contribution is 7.92. The summed E-state index contributed by atoms with van der Waals surface area (Å²) in [4.78, 5) is 0.0382. The Kier molecular flexibility index (Phi) is 6.50. The van der Waals surface area contributed by atoms with Gasteiger partial charge in [-0.25, -0.2) is 12.8 Å². The summed E-state index contributed by atoms with van der Waals surface area (Å²) in [6, 6.07) is 8.68. The van der Waals surface area contributed by atoms with E-state index in [1.165, 1.54) is 32.4 Å². The highest BCUT2D eigenvalue weighted by atomic mass is 35.5. The van der Waals surface area contributed by atoms with E-state index in [0.29, 0.717) is 5.88 Å². The van der Waals surface area contributed by atoms with Crippen molar-refractivity contribution in [2.45, 2.75) is 17.7 Å². The lowest BCUT2D eigenvalue weighted by Gasteiger charge is -2.13. The largest absolute Gasteiger partial charge is 0.493 e. The van der Waals surface area contributed by atoms with Crippen LogP contribution in [0.3, 0.4) is 0 Å². The zero-order valence-corrected chi connectivity index (χ0v) is 15.5. The molecule has 0 atom stereocenters. The van der Waals surface area contributed by atoms with Crippen molar-refractivity contribution in [3.63, 3.8) is 0 Å². The fourth-order valence-corrected chi connectivity index (χ4v) is 3.43.